The minimum Gasteiger partial charge on any atom is -0.494 e. The standard InChI is InChI=1S/C16H21NO3/c1-4-18-13-6-7-15(19-5-2)14(10-13)17-11-16-12(3)8-9-20-16/h6-10,17H,4-5,11H2,1-3H3. The molecule has 0 unspecified atom stereocenters. The molecule has 0 radical (unpaired) electrons. The van der Waals surface area contributed by atoms with Gasteiger partial charge in [0.2, 0.25) is 0 Å². The van der Waals surface area contributed by atoms with Gasteiger partial charge in [-0.3, -0.25) is 0 Å². The number of aryl methyl sites for hydroxylation is 1. The van der Waals surface area contributed by atoms with Gasteiger partial charge < -0.3 is 19.2 Å². The van der Waals surface area contributed by atoms with Crippen molar-refractivity contribution in [2.75, 3.05) is 18.5 Å². The summed E-state index contributed by atoms with van der Waals surface area (Å²) in [5, 5.41) is 3.34. The number of hydrogen-bond acceptors (Lipinski definition) is 4. The van der Waals surface area contributed by atoms with Gasteiger partial charge in [-0.05, 0) is 44.5 Å². The van der Waals surface area contributed by atoms with Crippen molar-refractivity contribution in [1.82, 2.24) is 0 Å². The Morgan fingerprint density at radius 3 is 2.55 bits per heavy atom. The Hall–Kier alpha value is -2.10. The van der Waals surface area contributed by atoms with Gasteiger partial charge in [-0.15, -0.1) is 0 Å². The lowest BCUT2D eigenvalue weighted by Gasteiger charge is -2.14. The van der Waals surface area contributed by atoms with E-state index in [0.717, 1.165) is 28.5 Å². The largest absolute Gasteiger partial charge is 0.494 e. The van der Waals surface area contributed by atoms with E-state index in [1.54, 1.807) is 6.26 Å². The fourth-order valence-electron chi connectivity index (χ4n) is 1.95. The van der Waals surface area contributed by atoms with Crippen molar-refractivity contribution in [2.24, 2.45) is 0 Å². The number of benzene rings is 1. The molecule has 0 atom stereocenters. The molecule has 0 aliphatic heterocycles. The van der Waals surface area contributed by atoms with Crippen molar-refractivity contribution in [3.8, 4) is 11.5 Å². The summed E-state index contributed by atoms with van der Waals surface area (Å²) in [6, 6.07) is 7.74. The fourth-order valence-corrected chi connectivity index (χ4v) is 1.95. The van der Waals surface area contributed by atoms with Crippen molar-refractivity contribution in [2.45, 2.75) is 27.3 Å². The zero-order chi connectivity index (χ0) is 14.4. The first-order valence-electron chi connectivity index (χ1n) is 6.91. The number of ether oxygens (including phenoxy) is 2. The van der Waals surface area contributed by atoms with Crippen LogP contribution in [-0.4, -0.2) is 13.2 Å². The molecule has 1 aromatic carbocycles. The molecule has 2 aromatic rings. The van der Waals surface area contributed by atoms with E-state index in [-0.39, 0.29) is 0 Å². The third kappa shape index (κ3) is 3.47. The highest BCUT2D eigenvalue weighted by Gasteiger charge is 2.08. The predicted octanol–water partition coefficient (Wildman–Crippen LogP) is 4.00. The van der Waals surface area contributed by atoms with Gasteiger partial charge in [-0.2, -0.15) is 0 Å². The average molecular weight is 275 g/mol. The molecule has 0 bridgehead atoms. The lowest BCUT2D eigenvalue weighted by Crippen LogP contribution is -2.03. The van der Waals surface area contributed by atoms with Gasteiger partial charge in [0, 0.05) is 6.07 Å². The Balaban J connectivity index is 2.14. The Morgan fingerprint density at radius 1 is 1.10 bits per heavy atom. The SMILES string of the molecule is CCOc1ccc(OCC)c(NCc2occc2C)c1. The predicted molar refractivity (Wildman–Crippen MR) is 79.6 cm³/mol. The van der Waals surface area contributed by atoms with Crippen LogP contribution in [0.4, 0.5) is 5.69 Å². The molecule has 108 valence electrons. The van der Waals surface area contributed by atoms with E-state index in [1.165, 1.54) is 0 Å². The maximum atomic E-state index is 5.62. The third-order valence-corrected chi connectivity index (χ3v) is 2.97. The second kappa shape index (κ2) is 6.89. The van der Waals surface area contributed by atoms with E-state index in [9.17, 15) is 0 Å². The monoisotopic (exact) mass is 275 g/mol. The van der Waals surface area contributed by atoms with Crippen molar-refractivity contribution in [1.29, 1.82) is 0 Å². The van der Waals surface area contributed by atoms with Gasteiger partial charge in [0.15, 0.2) is 0 Å². The summed E-state index contributed by atoms with van der Waals surface area (Å²) in [4.78, 5) is 0. The topological polar surface area (TPSA) is 43.6 Å². The summed E-state index contributed by atoms with van der Waals surface area (Å²) in [5.41, 5.74) is 2.05. The van der Waals surface area contributed by atoms with Gasteiger partial charge in [0.25, 0.3) is 0 Å². The third-order valence-electron chi connectivity index (χ3n) is 2.97. The fraction of sp³-hybridized carbons (Fsp3) is 0.375. The molecule has 1 heterocycles. The second-order valence-electron chi connectivity index (χ2n) is 4.40. The molecule has 1 N–H and O–H groups in total. The zero-order valence-electron chi connectivity index (χ0n) is 12.2. The highest BCUT2D eigenvalue weighted by Crippen LogP contribution is 2.30. The summed E-state index contributed by atoms with van der Waals surface area (Å²) in [6.45, 7) is 7.86. The van der Waals surface area contributed by atoms with Gasteiger partial charge in [0.05, 0.1) is 31.7 Å². The Kier molecular flexibility index (Phi) is 4.93. The van der Waals surface area contributed by atoms with E-state index < -0.39 is 0 Å². The number of rotatable bonds is 7. The quantitative estimate of drug-likeness (QED) is 0.829. The van der Waals surface area contributed by atoms with E-state index in [4.69, 9.17) is 13.9 Å². The molecule has 2 rings (SSSR count). The van der Waals surface area contributed by atoms with Crippen LogP contribution in [-0.2, 0) is 6.54 Å². The molecule has 4 nitrogen and oxygen atoms in total. The molecule has 0 saturated carbocycles. The van der Waals surface area contributed by atoms with Crippen LogP contribution < -0.4 is 14.8 Å². The van der Waals surface area contributed by atoms with Crippen LogP contribution >= 0.6 is 0 Å². The van der Waals surface area contributed by atoms with Crippen LogP contribution in [0.25, 0.3) is 0 Å². The van der Waals surface area contributed by atoms with Crippen molar-refractivity contribution in [3.63, 3.8) is 0 Å². The second-order valence-corrected chi connectivity index (χ2v) is 4.40. The molecule has 0 saturated heterocycles. The maximum Gasteiger partial charge on any atom is 0.142 e. The highest BCUT2D eigenvalue weighted by molar-refractivity contribution is 5.59. The summed E-state index contributed by atoms with van der Waals surface area (Å²) in [6.07, 6.45) is 1.70. The summed E-state index contributed by atoms with van der Waals surface area (Å²) < 4.78 is 16.6. The van der Waals surface area contributed by atoms with Crippen LogP contribution in [0.2, 0.25) is 0 Å². The molecule has 0 fully saturated rings. The lowest BCUT2D eigenvalue weighted by molar-refractivity contribution is 0.331. The molecular weight excluding hydrogens is 254 g/mol. The Labute approximate surface area is 119 Å². The van der Waals surface area contributed by atoms with Gasteiger partial charge in [-0.1, -0.05) is 0 Å². The first kappa shape index (κ1) is 14.3. The zero-order valence-corrected chi connectivity index (χ0v) is 12.2. The Bertz CT molecular complexity index is 548. The summed E-state index contributed by atoms with van der Waals surface area (Å²) in [5.74, 6) is 2.57. The van der Waals surface area contributed by atoms with Gasteiger partial charge in [-0.25, -0.2) is 0 Å². The van der Waals surface area contributed by atoms with E-state index in [2.05, 4.69) is 5.32 Å². The summed E-state index contributed by atoms with van der Waals surface area (Å²) in [7, 11) is 0. The minimum absolute atomic E-state index is 0.620. The molecule has 20 heavy (non-hydrogen) atoms. The van der Waals surface area contributed by atoms with E-state index in [0.29, 0.717) is 19.8 Å². The first-order chi connectivity index (χ1) is 9.74. The molecule has 0 aliphatic rings. The molecule has 0 amide bonds. The van der Waals surface area contributed by atoms with Crippen molar-refractivity contribution >= 4 is 5.69 Å². The molecule has 0 aliphatic carbocycles. The van der Waals surface area contributed by atoms with Gasteiger partial charge in [0.1, 0.15) is 17.3 Å². The van der Waals surface area contributed by atoms with Crippen LogP contribution in [0.3, 0.4) is 0 Å². The van der Waals surface area contributed by atoms with Crippen LogP contribution in [0.5, 0.6) is 11.5 Å². The number of furan rings is 1. The average Bonchev–Trinajstić information content (AvgIpc) is 2.85. The van der Waals surface area contributed by atoms with Gasteiger partial charge >= 0.3 is 0 Å². The molecule has 4 heteroatoms. The number of hydrogen-bond donors (Lipinski definition) is 1. The van der Waals surface area contributed by atoms with Crippen LogP contribution in [0.15, 0.2) is 34.9 Å². The number of anilines is 1. The Morgan fingerprint density at radius 2 is 1.90 bits per heavy atom. The van der Waals surface area contributed by atoms with E-state index in [1.807, 2.05) is 45.0 Å². The normalized spacial score (nSPS) is 10.3. The van der Waals surface area contributed by atoms with Crippen molar-refractivity contribution in [3.05, 3.63) is 41.9 Å². The highest BCUT2D eigenvalue weighted by atomic mass is 16.5. The molecular formula is C16H21NO3. The van der Waals surface area contributed by atoms with Crippen LogP contribution in [0.1, 0.15) is 25.2 Å². The smallest absolute Gasteiger partial charge is 0.142 e. The summed E-state index contributed by atoms with van der Waals surface area (Å²) >= 11 is 0. The maximum absolute atomic E-state index is 5.62. The molecule has 1 aromatic heterocycles. The first-order valence-corrected chi connectivity index (χ1v) is 6.91. The molecule has 0 spiro atoms. The lowest BCUT2D eigenvalue weighted by atomic mass is 10.2. The van der Waals surface area contributed by atoms with Crippen molar-refractivity contribution < 1.29 is 13.9 Å². The minimum atomic E-state index is 0.620. The van der Waals surface area contributed by atoms with Crippen LogP contribution in [0, 0.1) is 6.92 Å². The van der Waals surface area contributed by atoms with E-state index >= 15 is 0 Å². The number of nitrogens with one attached hydrogen (secondary N) is 1.